The number of nitrogens with zero attached hydrogens (tertiary/aromatic N) is 2. The second-order valence-electron chi connectivity index (χ2n) is 4.97. The highest BCUT2D eigenvalue weighted by Gasteiger charge is 2.35. The fourth-order valence-electron chi connectivity index (χ4n) is 2.36. The Morgan fingerprint density at radius 1 is 1.48 bits per heavy atom. The van der Waals surface area contributed by atoms with Crippen molar-refractivity contribution in [3.05, 3.63) is 23.8 Å². The third-order valence-electron chi connectivity index (χ3n) is 3.55. The number of alkyl halides is 3. The maximum absolute atomic E-state index is 13.0. The van der Waals surface area contributed by atoms with Gasteiger partial charge in [-0.3, -0.25) is 0 Å². The zero-order valence-electron chi connectivity index (χ0n) is 11.5. The molecular formula is C14H15F3N2OS. The number of ether oxygens (including phenoxy) is 1. The number of isothiocyanates is 1. The molecule has 0 N–H and O–H groups in total. The van der Waals surface area contributed by atoms with Crippen LogP contribution in [0.1, 0.15) is 18.4 Å². The molecule has 0 unspecified atom stereocenters. The first-order valence-electron chi connectivity index (χ1n) is 6.54. The Labute approximate surface area is 126 Å². The Kier molecular flexibility index (Phi) is 4.98. The lowest BCUT2D eigenvalue weighted by Gasteiger charge is -2.21. The van der Waals surface area contributed by atoms with E-state index in [0.717, 1.165) is 25.5 Å². The lowest BCUT2D eigenvalue weighted by Crippen LogP contribution is -2.30. The minimum Gasteiger partial charge on any atom is -0.491 e. The van der Waals surface area contributed by atoms with Crippen LogP contribution >= 0.6 is 12.2 Å². The summed E-state index contributed by atoms with van der Waals surface area (Å²) >= 11 is 4.46. The van der Waals surface area contributed by atoms with Crippen molar-refractivity contribution < 1.29 is 17.9 Å². The molecule has 0 aliphatic carbocycles. The smallest absolute Gasteiger partial charge is 0.419 e. The van der Waals surface area contributed by atoms with Crippen LogP contribution in [0.25, 0.3) is 0 Å². The topological polar surface area (TPSA) is 24.8 Å². The van der Waals surface area contributed by atoms with Crippen molar-refractivity contribution in [1.29, 1.82) is 0 Å². The molecule has 0 saturated carbocycles. The molecule has 0 bridgehead atoms. The van der Waals surface area contributed by atoms with E-state index in [1.54, 1.807) is 0 Å². The van der Waals surface area contributed by atoms with Crippen LogP contribution in [0.3, 0.4) is 0 Å². The Morgan fingerprint density at radius 3 is 2.81 bits per heavy atom. The van der Waals surface area contributed by atoms with E-state index in [9.17, 15) is 13.2 Å². The zero-order chi connectivity index (χ0) is 15.5. The quantitative estimate of drug-likeness (QED) is 0.622. The number of thiocarbonyl (C=S) groups is 1. The molecule has 114 valence electrons. The largest absolute Gasteiger partial charge is 0.491 e. The number of likely N-dealkylation sites (N-methyl/N-ethyl adjacent to an activating group) is 1. The first-order chi connectivity index (χ1) is 9.91. The van der Waals surface area contributed by atoms with Crippen molar-refractivity contribution in [2.45, 2.75) is 25.1 Å². The van der Waals surface area contributed by atoms with Crippen molar-refractivity contribution >= 4 is 23.1 Å². The van der Waals surface area contributed by atoms with Gasteiger partial charge in [-0.25, -0.2) is 0 Å². The van der Waals surface area contributed by atoms with Gasteiger partial charge in [0.25, 0.3) is 0 Å². The van der Waals surface area contributed by atoms with Gasteiger partial charge < -0.3 is 9.64 Å². The molecule has 0 radical (unpaired) electrons. The van der Waals surface area contributed by atoms with Crippen LogP contribution in [-0.4, -0.2) is 36.3 Å². The van der Waals surface area contributed by atoms with E-state index in [-0.39, 0.29) is 18.4 Å². The van der Waals surface area contributed by atoms with Crippen LogP contribution in [0.2, 0.25) is 0 Å². The summed E-state index contributed by atoms with van der Waals surface area (Å²) in [6.07, 6.45) is -2.50. The first kappa shape index (κ1) is 15.9. The molecule has 0 amide bonds. The third kappa shape index (κ3) is 4.03. The molecule has 0 spiro atoms. The standard InChI is InChI=1S/C14H15F3N2OS/c1-19-6-2-3-11(19)8-20-13-7-10(18-9-21)4-5-12(13)14(15,16)17/h4-5,7,11H,2-3,6,8H2,1H3/t11-/m1/s1. The van der Waals surface area contributed by atoms with Gasteiger partial charge >= 0.3 is 6.18 Å². The average Bonchev–Trinajstić information content (AvgIpc) is 2.81. The highest BCUT2D eigenvalue weighted by Crippen LogP contribution is 2.38. The summed E-state index contributed by atoms with van der Waals surface area (Å²) in [6, 6.07) is 3.59. The molecule has 1 aromatic rings. The number of halogens is 3. The molecule has 1 fully saturated rings. The Morgan fingerprint density at radius 2 is 2.24 bits per heavy atom. The van der Waals surface area contributed by atoms with Crippen LogP contribution in [0.4, 0.5) is 18.9 Å². The number of rotatable bonds is 4. The molecule has 1 aliphatic rings. The third-order valence-corrected chi connectivity index (χ3v) is 3.64. The Bertz CT molecular complexity index is 556. The van der Waals surface area contributed by atoms with Gasteiger partial charge in [-0.05, 0) is 50.8 Å². The lowest BCUT2D eigenvalue weighted by atomic mass is 10.1. The fraction of sp³-hybridized carbons (Fsp3) is 0.500. The summed E-state index contributed by atoms with van der Waals surface area (Å²) in [4.78, 5) is 5.78. The number of aliphatic imine (C=N–C) groups is 1. The van der Waals surface area contributed by atoms with E-state index < -0.39 is 11.7 Å². The minimum absolute atomic E-state index is 0.142. The number of benzene rings is 1. The van der Waals surface area contributed by atoms with E-state index in [1.165, 1.54) is 12.1 Å². The van der Waals surface area contributed by atoms with Crippen LogP contribution in [-0.2, 0) is 6.18 Å². The van der Waals surface area contributed by atoms with Gasteiger partial charge in [0.05, 0.1) is 16.4 Å². The summed E-state index contributed by atoms with van der Waals surface area (Å²) in [5.74, 6) is -0.214. The summed E-state index contributed by atoms with van der Waals surface area (Å²) in [5, 5.41) is 2.14. The van der Waals surface area contributed by atoms with Gasteiger partial charge in [0.2, 0.25) is 0 Å². The first-order valence-corrected chi connectivity index (χ1v) is 6.95. The molecule has 1 aliphatic heterocycles. The summed E-state index contributed by atoms with van der Waals surface area (Å²) in [7, 11) is 1.94. The van der Waals surface area contributed by atoms with Crippen molar-refractivity contribution in [2.24, 2.45) is 4.99 Å². The van der Waals surface area contributed by atoms with Crippen LogP contribution in [0.5, 0.6) is 5.75 Å². The van der Waals surface area contributed by atoms with Gasteiger partial charge in [0.1, 0.15) is 12.4 Å². The molecular weight excluding hydrogens is 301 g/mol. The number of likely N-dealkylation sites (tertiary alicyclic amines) is 1. The molecule has 3 nitrogen and oxygen atoms in total. The van der Waals surface area contributed by atoms with Crippen molar-refractivity contribution in [3.8, 4) is 5.75 Å². The molecule has 1 heterocycles. The maximum atomic E-state index is 13.0. The molecule has 0 aromatic heterocycles. The van der Waals surface area contributed by atoms with Gasteiger partial charge in [-0.15, -0.1) is 0 Å². The van der Waals surface area contributed by atoms with E-state index in [0.29, 0.717) is 5.69 Å². The molecule has 7 heteroatoms. The lowest BCUT2D eigenvalue weighted by molar-refractivity contribution is -0.139. The van der Waals surface area contributed by atoms with Crippen molar-refractivity contribution in [1.82, 2.24) is 4.90 Å². The monoisotopic (exact) mass is 316 g/mol. The predicted molar refractivity (Wildman–Crippen MR) is 77.3 cm³/mol. The zero-order valence-corrected chi connectivity index (χ0v) is 12.3. The van der Waals surface area contributed by atoms with E-state index in [2.05, 4.69) is 27.3 Å². The highest BCUT2D eigenvalue weighted by atomic mass is 32.1. The highest BCUT2D eigenvalue weighted by molar-refractivity contribution is 7.78. The average molecular weight is 316 g/mol. The minimum atomic E-state index is -4.46. The van der Waals surface area contributed by atoms with Gasteiger partial charge in [0.15, 0.2) is 0 Å². The molecule has 1 aromatic carbocycles. The predicted octanol–water partition coefficient (Wildman–Crippen LogP) is 3.91. The number of hydrogen-bond acceptors (Lipinski definition) is 4. The molecule has 2 rings (SSSR count). The summed E-state index contributed by atoms with van der Waals surface area (Å²) < 4.78 is 44.4. The summed E-state index contributed by atoms with van der Waals surface area (Å²) in [6.45, 7) is 1.17. The summed E-state index contributed by atoms with van der Waals surface area (Å²) in [5.41, 5.74) is -0.501. The second-order valence-corrected chi connectivity index (χ2v) is 5.15. The van der Waals surface area contributed by atoms with Crippen LogP contribution in [0.15, 0.2) is 23.2 Å². The normalized spacial score (nSPS) is 19.3. The fourth-order valence-corrected chi connectivity index (χ4v) is 2.47. The Hall–Kier alpha value is -1.43. The van der Waals surface area contributed by atoms with Crippen molar-refractivity contribution in [2.75, 3.05) is 20.2 Å². The maximum Gasteiger partial charge on any atom is 0.419 e. The van der Waals surface area contributed by atoms with Gasteiger partial charge in [-0.2, -0.15) is 18.2 Å². The van der Waals surface area contributed by atoms with E-state index in [4.69, 9.17) is 4.74 Å². The van der Waals surface area contributed by atoms with E-state index >= 15 is 0 Å². The van der Waals surface area contributed by atoms with Crippen LogP contribution < -0.4 is 4.74 Å². The Balaban J connectivity index is 2.21. The van der Waals surface area contributed by atoms with Crippen molar-refractivity contribution in [3.63, 3.8) is 0 Å². The molecule has 1 saturated heterocycles. The van der Waals surface area contributed by atoms with Gasteiger partial charge in [0, 0.05) is 12.1 Å². The SMILES string of the molecule is CN1CCC[C@@H]1COc1cc(N=C=S)ccc1C(F)(F)F. The molecule has 21 heavy (non-hydrogen) atoms. The van der Waals surface area contributed by atoms with Crippen LogP contribution in [0, 0.1) is 0 Å². The van der Waals surface area contributed by atoms with Gasteiger partial charge in [-0.1, -0.05) is 0 Å². The molecule has 1 atom stereocenters. The van der Waals surface area contributed by atoms with E-state index in [1.807, 2.05) is 7.05 Å². The number of hydrogen-bond donors (Lipinski definition) is 0. The second kappa shape index (κ2) is 6.56.